The minimum absolute atomic E-state index is 0.0757. The van der Waals surface area contributed by atoms with Crippen LogP contribution in [0.15, 0.2) is 72.0 Å². The Morgan fingerprint density at radius 3 is 2.62 bits per heavy atom. The van der Waals surface area contributed by atoms with Gasteiger partial charge in [0, 0.05) is 18.1 Å². The van der Waals surface area contributed by atoms with Crippen LogP contribution in [0.5, 0.6) is 5.75 Å². The Hall–Kier alpha value is -4.33. The molecule has 1 N–H and O–H groups in total. The number of aryl methyl sites for hydroxylation is 1. The highest BCUT2D eigenvalue weighted by atomic mass is 16.5. The van der Waals surface area contributed by atoms with E-state index in [0.717, 1.165) is 28.1 Å². The van der Waals surface area contributed by atoms with Crippen molar-refractivity contribution in [3.63, 3.8) is 0 Å². The first-order valence-corrected chi connectivity index (χ1v) is 11.0. The standard InChI is InChI=1S/C26H24N6O2/c1-16-10-12-27-21-13-22(17(2)31-25-24-20(29-15-30-25)5-4-11-28-24)32(26(33)23(16)21)14-18-6-8-19(34-3)9-7-18/h4-13,15,17H,14H2,1-3H3,(H,29,30,31). The number of fused-ring (bicyclic) bond motifs is 2. The molecule has 0 spiro atoms. The molecule has 0 amide bonds. The Morgan fingerprint density at radius 2 is 1.82 bits per heavy atom. The lowest BCUT2D eigenvalue weighted by atomic mass is 10.1. The van der Waals surface area contributed by atoms with Gasteiger partial charge >= 0.3 is 0 Å². The van der Waals surface area contributed by atoms with Crippen molar-refractivity contribution in [3.8, 4) is 5.75 Å². The van der Waals surface area contributed by atoms with Gasteiger partial charge in [0.2, 0.25) is 0 Å². The Bertz CT molecular complexity index is 1540. The van der Waals surface area contributed by atoms with Crippen LogP contribution in [-0.2, 0) is 6.54 Å². The topological polar surface area (TPSA) is 94.8 Å². The Labute approximate surface area is 196 Å². The van der Waals surface area contributed by atoms with E-state index in [1.54, 1.807) is 24.1 Å². The van der Waals surface area contributed by atoms with Crippen LogP contribution < -0.4 is 15.6 Å². The first-order valence-electron chi connectivity index (χ1n) is 11.0. The van der Waals surface area contributed by atoms with Gasteiger partial charge in [0.1, 0.15) is 17.6 Å². The number of anilines is 1. The fraction of sp³-hybridized carbons (Fsp3) is 0.192. The maximum atomic E-state index is 13.7. The first kappa shape index (κ1) is 21.5. The Kier molecular flexibility index (Phi) is 5.63. The third kappa shape index (κ3) is 3.94. The third-order valence-electron chi connectivity index (χ3n) is 5.93. The lowest BCUT2D eigenvalue weighted by Crippen LogP contribution is -2.28. The fourth-order valence-corrected chi connectivity index (χ4v) is 4.15. The maximum Gasteiger partial charge on any atom is 0.260 e. The molecule has 0 aliphatic heterocycles. The van der Waals surface area contributed by atoms with Crippen LogP contribution >= 0.6 is 0 Å². The second kappa shape index (κ2) is 8.90. The number of benzene rings is 1. The maximum absolute atomic E-state index is 13.7. The van der Waals surface area contributed by atoms with Gasteiger partial charge in [-0.1, -0.05) is 12.1 Å². The minimum atomic E-state index is -0.252. The van der Waals surface area contributed by atoms with Gasteiger partial charge in [0.15, 0.2) is 5.82 Å². The molecule has 0 aliphatic rings. The second-order valence-corrected chi connectivity index (χ2v) is 8.16. The van der Waals surface area contributed by atoms with Crippen LogP contribution in [0.2, 0.25) is 0 Å². The van der Waals surface area contributed by atoms with Gasteiger partial charge in [0.25, 0.3) is 5.56 Å². The highest BCUT2D eigenvalue weighted by molar-refractivity contribution is 5.85. The van der Waals surface area contributed by atoms with Crippen LogP contribution in [0, 0.1) is 6.92 Å². The smallest absolute Gasteiger partial charge is 0.260 e. The zero-order valence-electron chi connectivity index (χ0n) is 19.2. The molecular formula is C26H24N6O2. The van der Waals surface area contributed by atoms with Crippen molar-refractivity contribution in [2.75, 3.05) is 12.4 Å². The molecule has 0 radical (unpaired) electrons. The lowest BCUT2D eigenvalue weighted by Gasteiger charge is -2.22. The van der Waals surface area contributed by atoms with Crippen molar-refractivity contribution in [3.05, 3.63) is 94.4 Å². The summed E-state index contributed by atoms with van der Waals surface area (Å²) in [5.74, 6) is 1.38. The number of rotatable bonds is 6. The van der Waals surface area contributed by atoms with E-state index >= 15 is 0 Å². The van der Waals surface area contributed by atoms with Gasteiger partial charge in [0.05, 0.1) is 36.1 Å². The van der Waals surface area contributed by atoms with Crippen LogP contribution in [0.1, 0.15) is 29.8 Å². The number of nitrogens with one attached hydrogen (secondary N) is 1. The number of pyridine rings is 3. The number of aromatic nitrogens is 5. The van der Waals surface area contributed by atoms with Gasteiger partial charge in [-0.25, -0.2) is 9.97 Å². The quantitative estimate of drug-likeness (QED) is 0.411. The molecule has 34 heavy (non-hydrogen) atoms. The van der Waals surface area contributed by atoms with Crippen LogP contribution in [-0.4, -0.2) is 31.6 Å². The molecule has 4 heterocycles. The van der Waals surface area contributed by atoms with E-state index in [1.165, 1.54) is 6.33 Å². The van der Waals surface area contributed by atoms with E-state index in [-0.39, 0.29) is 11.6 Å². The lowest BCUT2D eigenvalue weighted by molar-refractivity contribution is 0.414. The van der Waals surface area contributed by atoms with E-state index < -0.39 is 0 Å². The molecule has 1 aromatic carbocycles. The highest BCUT2D eigenvalue weighted by Crippen LogP contribution is 2.25. The molecule has 4 aromatic heterocycles. The van der Waals surface area contributed by atoms with Crippen LogP contribution in [0.3, 0.4) is 0 Å². The van der Waals surface area contributed by atoms with Crippen molar-refractivity contribution in [1.29, 1.82) is 0 Å². The van der Waals surface area contributed by atoms with E-state index in [4.69, 9.17) is 4.74 Å². The summed E-state index contributed by atoms with van der Waals surface area (Å²) in [5, 5.41) is 4.06. The van der Waals surface area contributed by atoms with Gasteiger partial charge in [-0.05, 0) is 61.4 Å². The van der Waals surface area contributed by atoms with Crippen molar-refractivity contribution < 1.29 is 4.74 Å². The Balaban J connectivity index is 1.62. The predicted molar refractivity (Wildman–Crippen MR) is 132 cm³/mol. The molecule has 5 aromatic rings. The average Bonchev–Trinajstić information content (AvgIpc) is 2.86. The number of methoxy groups -OCH3 is 1. The van der Waals surface area contributed by atoms with Gasteiger partial charge in [-0.15, -0.1) is 0 Å². The molecule has 0 saturated heterocycles. The van der Waals surface area contributed by atoms with Gasteiger partial charge in [-0.2, -0.15) is 0 Å². The fourth-order valence-electron chi connectivity index (χ4n) is 4.15. The average molecular weight is 453 g/mol. The first-order chi connectivity index (χ1) is 16.5. The van der Waals surface area contributed by atoms with Gasteiger partial charge < -0.3 is 14.6 Å². The molecule has 1 atom stereocenters. The van der Waals surface area contributed by atoms with Crippen molar-refractivity contribution in [1.82, 2.24) is 24.5 Å². The molecule has 170 valence electrons. The molecule has 8 heteroatoms. The molecule has 8 nitrogen and oxygen atoms in total. The van der Waals surface area contributed by atoms with Crippen LogP contribution in [0.4, 0.5) is 5.82 Å². The van der Waals surface area contributed by atoms with Crippen LogP contribution in [0.25, 0.3) is 21.9 Å². The summed E-state index contributed by atoms with van der Waals surface area (Å²) >= 11 is 0. The minimum Gasteiger partial charge on any atom is -0.497 e. The number of nitrogens with zero attached hydrogens (tertiary/aromatic N) is 5. The third-order valence-corrected chi connectivity index (χ3v) is 5.93. The zero-order chi connectivity index (χ0) is 23.7. The van der Waals surface area contributed by atoms with Crippen molar-refractivity contribution >= 4 is 27.8 Å². The number of hydrogen-bond donors (Lipinski definition) is 1. The monoisotopic (exact) mass is 452 g/mol. The molecule has 5 rings (SSSR count). The molecular weight excluding hydrogens is 428 g/mol. The number of ether oxygens (including phenoxy) is 1. The SMILES string of the molecule is COc1ccc(Cn2c(C(C)Nc3ncnc4cccnc34)cc3nccc(C)c3c2=O)cc1. The van der Waals surface area contributed by atoms with E-state index in [2.05, 4.69) is 25.3 Å². The summed E-state index contributed by atoms with van der Waals surface area (Å²) in [6.07, 6.45) is 4.95. The molecule has 0 bridgehead atoms. The summed E-state index contributed by atoms with van der Waals surface area (Å²) in [6.45, 7) is 4.35. The summed E-state index contributed by atoms with van der Waals surface area (Å²) in [5.41, 5.74) is 4.71. The van der Waals surface area contributed by atoms with E-state index in [1.807, 2.05) is 62.4 Å². The summed E-state index contributed by atoms with van der Waals surface area (Å²) < 4.78 is 7.07. The molecule has 0 aliphatic carbocycles. The predicted octanol–water partition coefficient (Wildman–Crippen LogP) is 4.27. The zero-order valence-corrected chi connectivity index (χ0v) is 19.2. The summed E-state index contributed by atoms with van der Waals surface area (Å²) in [6, 6.07) is 15.0. The Morgan fingerprint density at radius 1 is 1.00 bits per heavy atom. The van der Waals surface area contributed by atoms with Crippen molar-refractivity contribution in [2.45, 2.75) is 26.4 Å². The normalized spacial score (nSPS) is 12.1. The largest absolute Gasteiger partial charge is 0.497 e. The van der Waals surface area contributed by atoms with E-state index in [9.17, 15) is 4.79 Å². The van der Waals surface area contributed by atoms with Crippen molar-refractivity contribution in [2.24, 2.45) is 0 Å². The molecule has 1 unspecified atom stereocenters. The summed E-state index contributed by atoms with van der Waals surface area (Å²) in [7, 11) is 1.63. The van der Waals surface area contributed by atoms with E-state index in [0.29, 0.717) is 28.8 Å². The van der Waals surface area contributed by atoms with Gasteiger partial charge in [-0.3, -0.25) is 14.8 Å². The summed E-state index contributed by atoms with van der Waals surface area (Å²) in [4.78, 5) is 31.3. The molecule has 0 saturated carbocycles. The number of hydrogen-bond acceptors (Lipinski definition) is 7. The second-order valence-electron chi connectivity index (χ2n) is 8.16. The highest BCUT2D eigenvalue weighted by Gasteiger charge is 2.18. The molecule has 0 fully saturated rings.